The first kappa shape index (κ1) is 18.2. The summed E-state index contributed by atoms with van der Waals surface area (Å²) >= 11 is 0. The largest absolute Gasteiger partial charge is 0.481 e. The summed E-state index contributed by atoms with van der Waals surface area (Å²) in [5.41, 5.74) is 4.54. The number of primary amides is 1. The van der Waals surface area contributed by atoms with Crippen molar-refractivity contribution >= 4 is 17.9 Å². The first-order valence-electron chi connectivity index (χ1n) is 6.56. The molecular formula is C13H25N3O4. The van der Waals surface area contributed by atoms with Gasteiger partial charge in [-0.15, -0.1) is 0 Å². The number of amides is 3. The summed E-state index contributed by atoms with van der Waals surface area (Å²) in [7, 11) is 0. The second-order valence-electron chi connectivity index (χ2n) is 6.03. The summed E-state index contributed by atoms with van der Waals surface area (Å²) in [4.78, 5) is 35.7. The molecule has 1 atom stereocenters. The van der Waals surface area contributed by atoms with Crippen molar-refractivity contribution in [2.24, 2.45) is 11.7 Å². The van der Waals surface area contributed by atoms with Crippen LogP contribution in [0.1, 0.15) is 41.0 Å². The Kier molecular flexibility index (Phi) is 6.48. The molecule has 0 fully saturated rings. The van der Waals surface area contributed by atoms with Crippen molar-refractivity contribution in [3.05, 3.63) is 0 Å². The van der Waals surface area contributed by atoms with Crippen molar-refractivity contribution in [2.45, 2.75) is 52.6 Å². The van der Waals surface area contributed by atoms with E-state index in [0.717, 1.165) is 0 Å². The lowest BCUT2D eigenvalue weighted by Gasteiger charge is -2.38. The quantitative estimate of drug-likeness (QED) is 0.670. The van der Waals surface area contributed by atoms with E-state index in [-0.39, 0.29) is 24.8 Å². The molecule has 1 unspecified atom stereocenters. The summed E-state index contributed by atoms with van der Waals surface area (Å²) in [5, 5.41) is 11.2. The van der Waals surface area contributed by atoms with Crippen molar-refractivity contribution in [2.75, 3.05) is 6.54 Å². The van der Waals surface area contributed by atoms with Crippen molar-refractivity contribution in [3.63, 3.8) is 0 Å². The Morgan fingerprint density at radius 1 is 1.25 bits per heavy atom. The molecule has 116 valence electrons. The van der Waals surface area contributed by atoms with E-state index >= 15 is 0 Å². The highest BCUT2D eigenvalue weighted by molar-refractivity contribution is 5.87. The van der Waals surface area contributed by atoms with E-state index in [2.05, 4.69) is 5.32 Å². The van der Waals surface area contributed by atoms with Crippen LogP contribution < -0.4 is 11.1 Å². The summed E-state index contributed by atoms with van der Waals surface area (Å²) in [6.45, 7) is 9.10. The SMILES string of the molecule is CC(C)C(NC(N)=O)C(=O)N(CCC(=O)O)C(C)(C)C. The van der Waals surface area contributed by atoms with E-state index in [0.29, 0.717) is 0 Å². The van der Waals surface area contributed by atoms with Crippen LogP contribution in [0.3, 0.4) is 0 Å². The van der Waals surface area contributed by atoms with Gasteiger partial charge in [-0.3, -0.25) is 9.59 Å². The first-order chi connectivity index (χ1) is 8.96. The van der Waals surface area contributed by atoms with Crippen LogP contribution in [0, 0.1) is 5.92 Å². The maximum atomic E-state index is 12.5. The fourth-order valence-corrected chi connectivity index (χ4v) is 1.82. The van der Waals surface area contributed by atoms with Crippen LogP contribution in [-0.4, -0.2) is 46.0 Å². The minimum Gasteiger partial charge on any atom is -0.481 e. The molecule has 0 heterocycles. The van der Waals surface area contributed by atoms with Crippen molar-refractivity contribution in [3.8, 4) is 0 Å². The van der Waals surface area contributed by atoms with Crippen LogP contribution in [0.5, 0.6) is 0 Å². The number of hydrogen-bond donors (Lipinski definition) is 3. The minimum absolute atomic E-state index is 0.0847. The molecule has 0 aromatic carbocycles. The maximum Gasteiger partial charge on any atom is 0.312 e. The molecule has 0 aromatic heterocycles. The number of carboxylic acids is 1. The van der Waals surface area contributed by atoms with E-state index in [1.54, 1.807) is 13.8 Å². The number of hydrogen-bond acceptors (Lipinski definition) is 3. The Labute approximate surface area is 119 Å². The van der Waals surface area contributed by atoms with Gasteiger partial charge in [0.2, 0.25) is 5.91 Å². The lowest BCUT2D eigenvalue weighted by atomic mass is 9.98. The Morgan fingerprint density at radius 3 is 2.05 bits per heavy atom. The van der Waals surface area contributed by atoms with Crippen LogP contribution in [0.25, 0.3) is 0 Å². The summed E-state index contributed by atoms with van der Waals surface area (Å²) in [6.07, 6.45) is -0.148. The second-order valence-corrected chi connectivity index (χ2v) is 6.03. The lowest BCUT2D eigenvalue weighted by molar-refractivity contribution is -0.142. The van der Waals surface area contributed by atoms with Gasteiger partial charge in [0.15, 0.2) is 0 Å². The van der Waals surface area contributed by atoms with Crippen LogP contribution in [0.4, 0.5) is 4.79 Å². The van der Waals surface area contributed by atoms with Gasteiger partial charge < -0.3 is 21.1 Å². The fourth-order valence-electron chi connectivity index (χ4n) is 1.82. The Bertz CT molecular complexity index is 374. The molecule has 4 N–H and O–H groups in total. The van der Waals surface area contributed by atoms with Gasteiger partial charge in [-0.25, -0.2) is 4.79 Å². The van der Waals surface area contributed by atoms with Crippen molar-refractivity contribution < 1.29 is 19.5 Å². The highest BCUT2D eigenvalue weighted by Gasteiger charge is 2.34. The average molecular weight is 287 g/mol. The highest BCUT2D eigenvalue weighted by atomic mass is 16.4. The zero-order valence-corrected chi connectivity index (χ0v) is 12.8. The number of nitrogens with two attached hydrogens (primary N) is 1. The molecule has 0 spiro atoms. The number of carbonyl (C=O) groups excluding carboxylic acids is 2. The first-order valence-corrected chi connectivity index (χ1v) is 6.56. The summed E-state index contributed by atoms with van der Waals surface area (Å²) in [6, 6.07) is -1.54. The van der Waals surface area contributed by atoms with E-state index in [1.165, 1.54) is 4.90 Å². The predicted octanol–water partition coefficient (Wildman–Crippen LogP) is 0.781. The van der Waals surface area contributed by atoms with Crippen LogP contribution >= 0.6 is 0 Å². The third kappa shape index (κ3) is 5.90. The monoisotopic (exact) mass is 287 g/mol. The number of nitrogens with zero attached hydrogens (tertiary/aromatic N) is 1. The predicted molar refractivity (Wildman–Crippen MR) is 75.1 cm³/mol. The van der Waals surface area contributed by atoms with Gasteiger partial charge in [-0.2, -0.15) is 0 Å². The van der Waals surface area contributed by atoms with Crippen LogP contribution in [-0.2, 0) is 9.59 Å². The number of aliphatic carboxylic acids is 1. The van der Waals surface area contributed by atoms with Gasteiger partial charge in [0.05, 0.1) is 6.42 Å². The van der Waals surface area contributed by atoms with E-state index in [9.17, 15) is 14.4 Å². The number of rotatable bonds is 6. The smallest absolute Gasteiger partial charge is 0.312 e. The molecule has 0 saturated carbocycles. The molecule has 0 radical (unpaired) electrons. The number of carboxylic acid groups (broad SMARTS) is 1. The van der Waals surface area contributed by atoms with Gasteiger partial charge in [0.25, 0.3) is 0 Å². The molecule has 0 aliphatic rings. The molecule has 0 aromatic rings. The topological polar surface area (TPSA) is 113 Å². The Balaban J connectivity index is 5.17. The van der Waals surface area contributed by atoms with Gasteiger partial charge >= 0.3 is 12.0 Å². The zero-order valence-electron chi connectivity index (χ0n) is 12.8. The normalized spacial score (nSPS) is 12.9. The lowest BCUT2D eigenvalue weighted by Crippen LogP contribution is -2.57. The van der Waals surface area contributed by atoms with E-state index in [1.807, 2.05) is 20.8 Å². The van der Waals surface area contributed by atoms with E-state index in [4.69, 9.17) is 10.8 Å². The highest BCUT2D eigenvalue weighted by Crippen LogP contribution is 2.18. The molecule has 3 amide bonds. The van der Waals surface area contributed by atoms with E-state index < -0.39 is 23.6 Å². The second kappa shape index (κ2) is 7.12. The molecule has 0 aliphatic carbocycles. The summed E-state index contributed by atoms with van der Waals surface area (Å²) in [5.74, 6) is -1.45. The standard InChI is InChI=1S/C13H25N3O4/c1-8(2)10(15-12(14)20)11(19)16(13(3,4)5)7-6-9(17)18/h8,10H,6-7H2,1-5H3,(H,17,18)(H3,14,15,20). The molecule has 0 rings (SSSR count). The van der Waals surface area contributed by atoms with Crippen molar-refractivity contribution in [1.29, 1.82) is 0 Å². The van der Waals surface area contributed by atoms with Gasteiger partial charge in [-0.05, 0) is 26.7 Å². The number of nitrogens with one attached hydrogen (secondary N) is 1. The van der Waals surface area contributed by atoms with Crippen LogP contribution in [0.15, 0.2) is 0 Å². The number of carbonyl (C=O) groups is 3. The third-order valence-corrected chi connectivity index (χ3v) is 2.86. The Morgan fingerprint density at radius 2 is 1.75 bits per heavy atom. The molecule has 0 aliphatic heterocycles. The molecular weight excluding hydrogens is 262 g/mol. The average Bonchev–Trinajstić information content (AvgIpc) is 2.22. The van der Waals surface area contributed by atoms with Gasteiger partial charge in [0, 0.05) is 12.1 Å². The Hall–Kier alpha value is -1.79. The molecule has 0 bridgehead atoms. The summed E-state index contributed by atoms with van der Waals surface area (Å²) < 4.78 is 0. The maximum absolute atomic E-state index is 12.5. The van der Waals surface area contributed by atoms with Gasteiger partial charge in [0.1, 0.15) is 6.04 Å². The molecule has 20 heavy (non-hydrogen) atoms. The third-order valence-electron chi connectivity index (χ3n) is 2.86. The van der Waals surface area contributed by atoms with Crippen molar-refractivity contribution in [1.82, 2.24) is 10.2 Å². The molecule has 7 heteroatoms. The van der Waals surface area contributed by atoms with Gasteiger partial charge in [-0.1, -0.05) is 13.8 Å². The fraction of sp³-hybridized carbons (Fsp3) is 0.769. The van der Waals surface area contributed by atoms with Crippen LogP contribution in [0.2, 0.25) is 0 Å². The zero-order chi connectivity index (χ0) is 16.1. The molecule has 0 saturated heterocycles. The minimum atomic E-state index is -0.976. The number of urea groups is 1. The molecule has 7 nitrogen and oxygen atoms in total.